The van der Waals surface area contributed by atoms with E-state index in [9.17, 15) is 0 Å². The van der Waals surface area contributed by atoms with E-state index < -0.39 is 0 Å². The van der Waals surface area contributed by atoms with Crippen LogP contribution < -0.4 is 0 Å². The smallest absolute Gasteiger partial charge is 0.108 e. The molecule has 0 saturated heterocycles. The maximum absolute atomic E-state index is 6.03. The second-order valence-corrected chi connectivity index (χ2v) is 7.43. The van der Waals surface area contributed by atoms with Crippen molar-refractivity contribution < 1.29 is 9.15 Å². The van der Waals surface area contributed by atoms with Crippen molar-refractivity contribution in [3.05, 3.63) is 94.4 Å². The van der Waals surface area contributed by atoms with Gasteiger partial charge in [0, 0.05) is 22.4 Å². The van der Waals surface area contributed by atoms with Gasteiger partial charge in [-0.15, -0.1) is 0 Å². The Labute approximate surface area is 160 Å². The van der Waals surface area contributed by atoms with Crippen LogP contribution >= 0.6 is 11.6 Å². The molecule has 2 nitrogen and oxygen atoms in total. The summed E-state index contributed by atoms with van der Waals surface area (Å²) < 4.78 is 11.7. The van der Waals surface area contributed by atoms with Gasteiger partial charge in [0.2, 0.25) is 0 Å². The van der Waals surface area contributed by atoms with Gasteiger partial charge in [0.05, 0.1) is 19.5 Å². The van der Waals surface area contributed by atoms with E-state index in [1.807, 2.05) is 30.3 Å². The van der Waals surface area contributed by atoms with Crippen LogP contribution in [0, 0.1) is 0 Å². The van der Waals surface area contributed by atoms with Crippen LogP contribution in [0.5, 0.6) is 0 Å². The van der Waals surface area contributed by atoms with E-state index in [0.29, 0.717) is 13.2 Å². The van der Waals surface area contributed by atoms with Crippen molar-refractivity contribution in [1.82, 2.24) is 0 Å². The first-order valence-electron chi connectivity index (χ1n) is 9.03. The average Bonchev–Trinajstić information content (AvgIpc) is 3.10. The Balaban J connectivity index is 1.56. The van der Waals surface area contributed by atoms with Crippen LogP contribution in [0.25, 0.3) is 0 Å². The van der Waals surface area contributed by atoms with Gasteiger partial charge < -0.3 is 9.15 Å². The number of benzene rings is 2. The van der Waals surface area contributed by atoms with Crippen LogP contribution in [0.2, 0.25) is 5.02 Å². The molecular weight excluding hydrogens is 344 g/mol. The third kappa shape index (κ3) is 4.78. The number of halogens is 1. The van der Waals surface area contributed by atoms with Gasteiger partial charge in [-0.3, -0.25) is 0 Å². The van der Waals surface area contributed by atoms with Crippen molar-refractivity contribution in [1.29, 1.82) is 0 Å². The minimum Gasteiger partial charge on any atom is -0.469 e. The summed E-state index contributed by atoms with van der Waals surface area (Å²) in [6, 6.07) is 20.5. The number of rotatable bonds is 8. The van der Waals surface area contributed by atoms with Gasteiger partial charge in [0.25, 0.3) is 0 Å². The fourth-order valence-corrected chi connectivity index (χ4v) is 3.15. The van der Waals surface area contributed by atoms with Gasteiger partial charge >= 0.3 is 0 Å². The van der Waals surface area contributed by atoms with Gasteiger partial charge in [-0.2, -0.15) is 0 Å². The zero-order valence-corrected chi connectivity index (χ0v) is 16.1. The topological polar surface area (TPSA) is 22.4 Å². The van der Waals surface area contributed by atoms with E-state index in [0.717, 1.165) is 29.2 Å². The Morgan fingerprint density at radius 2 is 1.73 bits per heavy atom. The van der Waals surface area contributed by atoms with E-state index in [1.165, 1.54) is 11.1 Å². The first-order valence-corrected chi connectivity index (χ1v) is 9.41. The number of hydrogen-bond acceptors (Lipinski definition) is 2. The molecule has 2 aromatic carbocycles. The predicted octanol–water partition coefficient (Wildman–Crippen LogP) is 6.41. The minimum absolute atomic E-state index is 0.0266. The maximum Gasteiger partial charge on any atom is 0.108 e. The molecule has 0 aliphatic carbocycles. The maximum atomic E-state index is 6.03. The lowest BCUT2D eigenvalue weighted by atomic mass is 9.81. The molecule has 0 fully saturated rings. The molecular formula is C23H25ClO2. The van der Waals surface area contributed by atoms with Crippen LogP contribution in [-0.4, -0.2) is 6.61 Å². The fraction of sp³-hybridized carbons (Fsp3) is 0.304. The first-order chi connectivity index (χ1) is 12.6. The predicted molar refractivity (Wildman–Crippen MR) is 107 cm³/mol. The molecule has 0 N–H and O–H groups in total. The molecule has 3 rings (SSSR count). The Morgan fingerprint density at radius 1 is 1.00 bits per heavy atom. The molecule has 26 heavy (non-hydrogen) atoms. The summed E-state index contributed by atoms with van der Waals surface area (Å²) in [4.78, 5) is 0. The number of hydrogen-bond donors (Lipinski definition) is 0. The highest BCUT2D eigenvalue weighted by atomic mass is 35.5. The van der Waals surface area contributed by atoms with Crippen molar-refractivity contribution in [2.75, 3.05) is 6.61 Å². The summed E-state index contributed by atoms with van der Waals surface area (Å²) in [6.07, 6.45) is 3.60. The molecule has 136 valence electrons. The summed E-state index contributed by atoms with van der Waals surface area (Å²) >= 11 is 6.01. The largest absolute Gasteiger partial charge is 0.469 e. The molecule has 3 aromatic rings. The van der Waals surface area contributed by atoms with Crippen LogP contribution in [0.1, 0.15) is 42.7 Å². The van der Waals surface area contributed by atoms with Crippen molar-refractivity contribution >= 4 is 11.6 Å². The lowest BCUT2D eigenvalue weighted by Gasteiger charge is -2.28. The number of ether oxygens (including phenoxy) is 1. The van der Waals surface area contributed by atoms with Gasteiger partial charge in [-0.1, -0.05) is 67.9 Å². The molecule has 0 spiro atoms. The highest BCUT2D eigenvalue weighted by Gasteiger charge is 2.25. The summed E-state index contributed by atoms with van der Waals surface area (Å²) in [5.74, 6) is 0.964. The second kappa shape index (κ2) is 8.57. The fourth-order valence-electron chi connectivity index (χ4n) is 3.03. The first kappa shape index (κ1) is 18.8. The van der Waals surface area contributed by atoms with Crippen molar-refractivity contribution in [3.8, 4) is 0 Å². The zero-order valence-electron chi connectivity index (χ0n) is 15.4. The quantitative estimate of drug-likeness (QED) is 0.458. The van der Waals surface area contributed by atoms with Crippen molar-refractivity contribution in [2.24, 2.45) is 0 Å². The number of furan rings is 1. The van der Waals surface area contributed by atoms with Crippen LogP contribution in [-0.2, 0) is 23.2 Å². The van der Waals surface area contributed by atoms with E-state index in [2.05, 4.69) is 44.2 Å². The van der Waals surface area contributed by atoms with Crippen molar-refractivity contribution in [2.45, 2.75) is 38.7 Å². The molecule has 1 atom stereocenters. The van der Waals surface area contributed by atoms with E-state index in [-0.39, 0.29) is 5.41 Å². The Hall–Kier alpha value is -2.03. The Morgan fingerprint density at radius 3 is 2.42 bits per heavy atom. The zero-order chi connectivity index (χ0) is 18.4. The van der Waals surface area contributed by atoms with Gasteiger partial charge in [-0.25, -0.2) is 0 Å². The highest BCUT2D eigenvalue weighted by Crippen LogP contribution is 2.29. The third-order valence-electron chi connectivity index (χ3n) is 4.94. The molecule has 1 unspecified atom stereocenters. The molecule has 0 radical (unpaired) electrons. The second-order valence-electron chi connectivity index (χ2n) is 7.00. The highest BCUT2D eigenvalue weighted by molar-refractivity contribution is 6.30. The lowest BCUT2D eigenvalue weighted by Crippen LogP contribution is -2.27. The van der Waals surface area contributed by atoms with Crippen molar-refractivity contribution in [3.63, 3.8) is 0 Å². The normalized spacial score (nSPS) is 13.5. The summed E-state index contributed by atoms with van der Waals surface area (Å²) in [5, 5.41) is 0.762. The monoisotopic (exact) mass is 368 g/mol. The molecule has 0 bridgehead atoms. The van der Waals surface area contributed by atoms with Crippen LogP contribution in [0.3, 0.4) is 0 Å². The van der Waals surface area contributed by atoms with Crippen LogP contribution in [0.15, 0.2) is 71.3 Å². The molecule has 0 saturated carbocycles. The molecule has 1 heterocycles. The minimum atomic E-state index is -0.0266. The standard InChI is InChI=1S/C23H25ClO2/c1-3-23(2,20-9-11-21(24)12-10-20)17-25-15-19-14-22(26-16-19)13-18-7-5-4-6-8-18/h4-12,14,16H,3,13,15,17H2,1-2H3. The molecule has 0 aliphatic heterocycles. The Bertz CT molecular complexity index is 808. The average molecular weight is 369 g/mol. The molecule has 3 heteroatoms. The molecule has 0 amide bonds. The van der Waals surface area contributed by atoms with E-state index in [4.69, 9.17) is 20.8 Å². The molecule has 1 aromatic heterocycles. The van der Waals surface area contributed by atoms with Crippen LogP contribution in [0.4, 0.5) is 0 Å². The summed E-state index contributed by atoms with van der Waals surface area (Å²) in [7, 11) is 0. The molecule has 0 aliphatic rings. The van der Waals surface area contributed by atoms with E-state index in [1.54, 1.807) is 6.26 Å². The summed E-state index contributed by atoms with van der Waals surface area (Å²) in [6.45, 7) is 5.63. The van der Waals surface area contributed by atoms with Gasteiger partial charge in [0.1, 0.15) is 5.76 Å². The Kier molecular flexibility index (Phi) is 6.18. The SMILES string of the molecule is CCC(C)(COCc1coc(Cc2ccccc2)c1)c1ccc(Cl)cc1. The van der Waals surface area contributed by atoms with E-state index >= 15 is 0 Å². The summed E-state index contributed by atoms with van der Waals surface area (Å²) in [5.41, 5.74) is 3.55. The lowest BCUT2D eigenvalue weighted by molar-refractivity contribution is 0.0745. The third-order valence-corrected chi connectivity index (χ3v) is 5.19. The van der Waals surface area contributed by atoms with Gasteiger partial charge in [0.15, 0.2) is 0 Å². The van der Waals surface area contributed by atoms with Gasteiger partial charge in [-0.05, 0) is 35.7 Å².